The zero-order valence-electron chi connectivity index (χ0n) is 19.7. The van der Waals surface area contributed by atoms with Crippen LogP contribution in [0.1, 0.15) is 50.2 Å². The largest absolute Gasteiger partial charge is 0.370 e. The Labute approximate surface area is 202 Å². The monoisotopic (exact) mass is 479 g/mol. The van der Waals surface area contributed by atoms with Crippen LogP contribution in [0.15, 0.2) is 29.6 Å². The lowest BCUT2D eigenvalue weighted by molar-refractivity contribution is -0.0402. The van der Waals surface area contributed by atoms with Crippen molar-refractivity contribution in [2.75, 3.05) is 11.6 Å². The molecule has 0 radical (unpaired) electrons. The summed E-state index contributed by atoms with van der Waals surface area (Å²) in [5, 5.41) is 5.45. The van der Waals surface area contributed by atoms with Gasteiger partial charge in [0.1, 0.15) is 10.6 Å². The molecule has 5 rings (SSSR count). The van der Waals surface area contributed by atoms with Gasteiger partial charge in [-0.25, -0.2) is 15.0 Å². The summed E-state index contributed by atoms with van der Waals surface area (Å²) < 4.78 is 7.27. The standard InChI is InChI=1S/C25H29N5OS2/c1-14(2)10-18-17-13-31-25(3,4)11-16(17)19-20-21(33-23(19)28-18)22(30-24(29-20)32-5)27-12-15-8-6-7-9-26-15/h6-9,14H,10-13H2,1-5H3,(H,27,29,30). The lowest BCUT2D eigenvalue weighted by Gasteiger charge is -2.33. The number of rotatable bonds is 6. The highest BCUT2D eigenvalue weighted by Gasteiger charge is 2.32. The second-order valence-electron chi connectivity index (χ2n) is 9.53. The summed E-state index contributed by atoms with van der Waals surface area (Å²) in [4.78, 5) is 20.4. The molecule has 0 unspecified atom stereocenters. The maximum Gasteiger partial charge on any atom is 0.189 e. The number of hydrogen-bond acceptors (Lipinski definition) is 8. The number of fused-ring (bicyclic) bond motifs is 5. The van der Waals surface area contributed by atoms with Gasteiger partial charge in [-0.3, -0.25) is 4.98 Å². The maximum atomic E-state index is 6.21. The van der Waals surface area contributed by atoms with E-state index in [0.717, 1.165) is 50.3 Å². The Morgan fingerprint density at radius 1 is 1.18 bits per heavy atom. The van der Waals surface area contributed by atoms with Gasteiger partial charge in [0.15, 0.2) is 5.16 Å². The molecular formula is C25H29N5OS2. The average Bonchev–Trinajstić information content (AvgIpc) is 3.15. The average molecular weight is 480 g/mol. The smallest absolute Gasteiger partial charge is 0.189 e. The first-order valence-electron chi connectivity index (χ1n) is 11.3. The molecule has 0 saturated heterocycles. The SMILES string of the molecule is CSc1nc(NCc2ccccn2)c2sc3nc(CC(C)C)c4c(c3c2n1)CC(C)(C)OC4. The lowest BCUT2D eigenvalue weighted by Crippen LogP contribution is -2.33. The van der Waals surface area contributed by atoms with Crippen LogP contribution in [-0.2, 0) is 30.7 Å². The number of thiophene rings is 1. The Morgan fingerprint density at radius 2 is 2.03 bits per heavy atom. The maximum absolute atomic E-state index is 6.21. The van der Waals surface area contributed by atoms with E-state index in [2.05, 4.69) is 38.0 Å². The summed E-state index contributed by atoms with van der Waals surface area (Å²) >= 11 is 3.25. The van der Waals surface area contributed by atoms with Crippen molar-refractivity contribution in [1.29, 1.82) is 0 Å². The number of pyridine rings is 2. The van der Waals surface area contributed by atoms with Crippen molar-refractivity contribution >= 4 is 49.3 Å². The second-order valence-corrected chi connectivity index (χ2v) is 11.3. The third-order valence-corrected chi connectivity index (χ3v) is 7.53. The number of aromatic nitrogens is 4. The molecule has 6 nitrogen and oxygen atoms in total. The van der Waals surface area contributed by atoms with E-state index in [9.17, 15) is 0 Å². The van der Waals surface area contributed by atoms with Crippen LogP contribution in [0.2, 0.25) is 0 Å². The van der Waals surface area contributed by atoms with Crippen molar-refractivity contribution in [1.82, 2.24) is 19.9 Å². The van der Waals surface area contributed by atoms with Crippen LogP contribution in [0.4, 0.5) is 5.82 Å². The minimum atomic E-state index is -0.208. The third-order valence-electron chi connectivity index (χ3n) is 5.90. The highest BCUT2D eigenvalue weighted by Crippen LogP contribution is 2.43. The number of anilines is 1. The Bertz CT molecular complexity index is 1320. The van der Waals surface area contributed by atoms with Crippen LogP contribution in [0.3, 0.4) is 0 Å². The molecule has 1 N–H and O–H groups in total. The Hall–Kier alpha value is -2.29. The first kappa shape index (κ1) is 22.5. The molecule has 4 aromatic heterocycles. The number of thioether (sulfide) groups is 1. The fraction of sp³-hybridized carbons (Fsp3) is 0.440. The van der Waals surface area contributed by atoms with Gasteiger partial charge in [0.2, 0.25) is 0 Å². The molecule has 1 aliphatic heterocycles. The van der Waals surface area contributed by atoms with Gasteiger partial charge in [0.25, 0.3) is 0 Å². The van der Waals surface area contributed by atoms with Gasteiger partial charge in [0, 0.05) is 29.3 Å². The summed E-state index contributed by atoms with van der Waals surface area (Å²) in [5.41, 5.74) is 5.53. The lowest BCUT2D eigenvalue weighted by atomic mass is 9.88. The Kier molecular flexibility index (Phi) is 6.01. The number of nitrogens with one attached hydrogen (secondary N) is 1. The third kappa shape index (κ3) is 4.44. The topological polar surface area (TPSA) is 72.8 Å². The molecule has 0 aromatic carbocycles. The Morgan fingerprint density at radius 3 is 2.76 bits per heavy atom. The first-order chi connectivity index (χ1) is 15.8. The Balaban J connectivity index is 1.71. The van der Waals surface area contributed by atoms with Crippen LogP contribution < -0.4 is 5.32 Å². The summed E-state index contributed by atoms with van der Waals surface area (Å²) in [6, 6.07) is 5.95. The van der Waals surface area contributed by atoms with Crippen LogP contribution in [0, 0.1) is 5.92 Å². The highest BCUT2D eigenvalue weighted by molar-refractivity contribution is 7.98. The zero-order valence-corrected chi connectivity index (χ0v) is 21.4. The minimum Gasteiger partial charge on any atom is -0.370 e. The van der Waals surface area contributed by atoms with E-state index in [1.165, 1.54) is 16.5 Å². The molecule has 5 heterocycles. The molecule has 8 heteroatoms. The molecule has 0 bridgehead atoms. The van der Waals surface area contributed by atoms with E-state index in [4.69, 9.17) is 19.7 Å². The van der Waals surface area contributed by atoms with Gasteiger partial charge >= 0.3 is 0 Å². The molecular weight excluding hydrogens is 450 g/mol. The fourth-order valence-corrected chi connectivity index (χ4v) is 5.86. The van der Waals surface area contributed by atoms with Crippen molar-refractivity contribution in [3.05, 3.63) is 46.9 Å². The van der Waals surface area contributed by atoms with Crippen molar-refractivity contribution in [2.24, 2.45) is 5.92 Å². The summed E-state index contributed by atoms with van der Waals surface area (Å²) in [6.45, 7) is 10.0. The molecule has 0 aliphatic carbocycles. The van der Waals surface area contributed by atoms with E-state index in [1.807, 2.05) is 30.7 Å². The van der Waals surface area contributed by atoms with E-state index in [0.29, 0.717) is 19.1 Å². The van der Waals surface area contributed by atoms with E-state index < -0.39 is 0 Å². The van der Waals surface area contributed by atoms with Crippen molar-refractivity contribution in [3.63, 3.8) is 0 Å². The van der Waals surface area contributed by atoms with Crippen LogP contribution in [0.25, 0.3) is 20.4 Å². The molecule has 0 atom stereocenters. The molecule has 1 aliphatic rings. The number of nitrogens with zero attached hydrogens (tertiary/aromatic N) is 4. The van der Waals surface area contributed by atoms with Crippen molar-refractivity contribution in [2.45, 2.75) is 64.4 Å². The quantitative estimate of drug-likeness (QED) is 0.268. The molecule has 33 heavy (non-hydrogen) atoms. The number of hydrogen-bond donors (Lipinski definition) is 1. The normalized spacial score (nSPS) is 15.3. The predicted octanol–water partition coefficient (Wildman–Crippen LogP) is 6.02. The van der Waals surface area contributed by atoms with Crippen molar-refractivity contribution < 1.29 is 4.74 Å². The van der Waals surface area contributed by atoms with E-state index in [1.54, 1.807) is 23.1 Å². The van der Waals surface area contributed by atoms with Gasteiger partial charge in [-0.1, -0.05) is 31.7 Å². The van der Waals surface area contributed by atoms with Gasteiger partial charge in [-0.05, 0) is 50.1 Å². The molecule has 0 spiro atoms. The first-order valence-corrected chi connectivity index (χ1v) is 13.4. The summed E-state index contributed by atoms with van der Waals surface area (Å²) in [5.74, 6) is 1.38. The summed E-state index contributed by atoms with van der Waals surface area (Å²) in [6.07, 6.45) is 5.63. The molecule has 4 aromatic rings. The molecule has 0 fully saturated rings. The summed E-state index contributed by atoms with van der Waals surface area (Å²) in [7, 11) is 0. The molecule has 0 amide bonds. The molecule has 0 saturated carbocycles. The fourth-order valence-electron chi connectivity index (χ4n) is 4.36. The van der Waals surface area contributed by atoms with Crippen LogP contribution >= 0.6 is 23.1 Å². The zero-order chi connectivity index (χ0) is 23.2. The van der Waals surface area contributed by atoms with Gasteiger partial charge in [-0.2, -0.15) is 0 Å². The van der Waals surface area contributed by atoms with Crippen LogP contribution in [-0.4, -0.2) is 31.8 Å². The van der Waals surface area contributed by atoms with Gasteiger partial charge in [0.05, 0.1) is 34.7 Å². The van der Waals surface area contributed by atoms with Gasteiger partial charge < -0.3 is 10.1 Å². The van der Waals surface area contributed by atoms with Crippen molar-refractivity contribution in [3.8, 4) is 0 Å². The number of ether oxygens (including phenoxy) is 1. The highest BCUT2D eigenvalue weighted by atomic mass is 32.2. The molecule has 172 valence electrons. The van der Waals surface area contributed by atoms with E-state index >= 15 is 0 Å². The minimum absolute atomic E-state index is 0.208. The van der Waals surface area contributed by atoms with E-state index in [-0.39, 0.29) is 5.60 Å². The predicted molar refractivity (Wildman–Crippen MR) is 137 cm³/mol. The van der Waals surface area contributed by atoms with Crippen LogP contribution in [0.5, 0.6) is 0 Å². The second kappa shape index (κ2) is 8.81. The van der Waals surface area contributed by atoms with Gasteiger partial charge in [-0.15, -0.1) is 11.3 Å².